The topological polar surface area (TPSA) is 172 Å². The van der Waals surface area contributed by atoms with Crippen molar-refractivity contribution in [1.82, 2.24) is 0 Å². The molecule has 42 heavy (non-hydrogen) atoms. The molecule has 0 heterocycles. The minimum Gasteiger partial charge on any atom is -0.480 e. The summed E-state index contributed by atoms with van der Waals surface area (Å²) in [5, 5.41) is 8.75. The summed E-state index contributed by atoms with van der Waals surface area (Å²) in [5.74, 6) is -2.44. The summed E-state index contributed by atoms with van der Waals surface area (Å²) in [6.07, 6.45) is 20.8. The van der Waals surface area contributed by atoms with Crippen molar-refractivity contribution in [2.45, 2.75) is 154 Å². The van der Waals surface area contributed by atoms with Crippen molar-refractivity contribution >= 4 is 25.7 Å². The Morgan fingerprint density at radius 3 is 1.55 bits per heavy atom. The number of hydrogen-bond acceptors (Lipinski definition) is 9. The van der Waals surface area contributed by atoms with E-state index >= 15 is 0 Å². The number of phosphoric acid groups is 1. The molecule has 3 atom stereocenters. The van der Waals surface area contributed by atoms with E-state index in [2.05, 4.69) is 11.4 Å². The normalized spacial score (nSPS) is 14.2. The maximum Gasteiger partial charge on any atom is 0.472 e. The van der Waals surface area contributed by atoms with E-state index < -0.39 is 51.1 Å². The maximum absolute atomic E-state index is 12.3. The van der Waals surface area contributed by atoms with E-state index in [0.29, 0.717) is 12.8 Å². The molecule has 0 spiro atoms. The van der Waals surface area contributed by atoms with Gasteiger partial charge in [-0.15, -0.1) is 0 Å². The molecule has 0 aromatic heterocycles. The molecule has 0 amide bonds. The molecule has 0 saturated heterocycles. The van der Waals surface area contributed by atoms with Crippen LogP contribution in [0.3, 0.4) is 0 Å². The molecule has 0 saturated carbocycles. The molecule has 0 aromatic carbocycles. The van der Waals surface area contributed by atoms with Gasteiger partial charge in [0, 0.05) is 12.8 Å². The Labute approximate surface area is 253 Å². The molecular formula is C30H58NO10P. The lowest BCUT2D eigenvalue weighted by atomic mass is 10.0. The molecule has 11 nitrogen and oxygen atoms in total. The third-order valence-electron chi connectivity index (χ3n) is 6.82. The maximum atomic E-state index is 12.3. The molecule has 0 bridgehead atoms. The van der Waals surface area contributed by atoms with Crippen LogP contribution in [0, 0.1) is 0 Å². The number of carbonyl (C=O) groups excluding carboxylic acids is 2. The number of carboxylic acids is 1. The molecule has 12 heteroatoms. The molecule has 248 valence electrons. The van der Waals surface area contributed by atoms with E-state index in [1.807, 2.05) is 6.92 Å². The monoisotopic (exact) mass is 623 g/mol. The number of nitrogens with two attached hydrogens (primary N) is 1. The van der Waals surface area contributed by atoms with E-state index in [1.54, 1.807) is 0 Å². The first-order valence-electron chi connectivity index (χ1n) is 16.1. The first kappa shape index (κ1) is 40.5. The summed E-state index contributed by atoms with van der Waals surface area (Å²) >= 11 is 0. The zero-order chi connectivity index (χ0) is 31.5. The van der Waals surface area contributed by atoms with Crippen molar-refractivity contribution in [3.63, 3.8) is 0 Å². The van der Waals surface area contributed by atoms with Crippen LogP contribution in [0.1, 0.15) is 142 Å². The van der Waals surface area contributed by atoms with Crippen LogP contribution in [0.5, 0.6) is 0 Å². The van der Waals surface area contributed by atoms with Gasteiger partial charge in [-0.25, -0.2) is 4.57 Å². The van der Waals surface area contributed by atoms with Crippen LogP contribution in [0.4, 0.5) is 0 Å². The van der Waals surface area contributed by atoms with Crippen LogP contribution in [-0.4, -0.2) is 59.9 Å². The van der Waals surface area contributed by atoms with Gasteiger partial charge in [-0.05, 0) is 12.8 Å². The van der Waals surface area contributed by atoms with Gasteiger partial charge in [0.2, 0.25) is 0 Å². The average Bonchev–Trinajstić information content (AvgIpc) is 2.95. The lowest BCUT2D eigenvalue weighted by molar-refractivity contribution is -0.161. The van der Waals surface area contributed by atoms with Gasteiger partial charge in [0.15, 0.2) is 6.10 Å². The number of hydrogen-bond donors (Lipinski definition) is 3. The van der Waals surface area contributed by atoms with Gasteiger partial charge in [-0.3, -0.25) is 23.4 Å². The Bertz CT molecular complexity index is 752. The molecule has 3 unspecified atom stereocenters. The number of carboxylic acid groups (broad SMARTS) is 1. The predicted molar refractivity (Wildman–Crippen MR) is 162 cm³/mol. The smallest absolute Gasteiger partial charge is 0.472 e. The predicted octanol–water partition coefficient (Wildman–Crippen LogP) is 6.83. The highest BCUT2D eigenvalue weighted by atomic mass is 31.2. The van der Waals surface area contributed by atoms with Gasteiger partial charge in [-0.1, -0.05) is 117 Å². The second kappa shape index (κ2) is 27.1. The van der Waals surface area contributed by atoms with Crippen LogP contribution in [0.15, 0.2) is 0 Å². The van der Waals surface area contributed by atoms with Gasteiger partial charge in [0.05, 0.1) is 13.2 Å². The lowest BCUT2D eigenvalue weighted by Crippen LogP contribution is -2.34. The molecule has 0 fully saturated rings. The van der Waals surface area contributed by atoms with Crippen LogP contribution in [-0.2, 0) is 37.5 Å². The Kier molecular flexibility index (Phi) is 26.1. The fourth-order valence-electron chi connectivity index (χ4n) is 4.28. The summed E-state index contributed by atoms with van der Waals surface area (Å²) < 4.78 is 31.8. The molecule has 0 aromatic rings. The Morgan fingerprint density at radius 1 is 0.643 bits per heavy atom. The Morgan fingerprint density at radius 2 is 1.10 bits per heavy atom. The van der Waals surface area contributed by atoms with E-state index in [9.17, 15) is 23.8 Å². The number of phosphoric ester groups is 1. The Balaban J connectivity index is 4.09. The zero-order valence-corrected chi connectivity index (χ0v) is 27.0. The van der Waals surface area contributed by atoms with E-state index in [0.717, 1.165) is 19.3 Å². The standard InChI is InChI=1S/C30H58NO10P/c1-3-5-6-7-8-9-10-11-12-13-14-15-16-17-18-19-20-22-29(33)41-26(23-38-28(32)21-4-2)24-39-42(36,37)40-25-27(31)30(34)35/h26-27H,3-25,31H2,1-2H3,(H,34,35)(H,36,37). The quantitative estimate of drug-likeness (QED) is 0.0435. The average molecular weight is 624 g/mol. The van der Waals surface area contributed by atoms with Crippen molar-refractivity contribution in [1.29, 1.82) is 0 Å². The molecule has 4 N–H and O–H groups in total. The highest BCUT2D eigenvalue weighted by Gasteiger charge is 2.28. The molecule has 0 aliphatic carbocycles. The number of ether oxygens (including phenoxy) is 2. The number of esters is 2. The van der Waals surface area contributed by atoms with Crippen LogP contribution >= 0.6 is 7.82 Å². The zero-order valence-electron chi connectivity index (χ0n) is 26.1. The second-order valence-corrected chi connectivity index (χ2v) is 12.4. The molecular weight excluding hydrogens is 565 g/mol. The highest BCUT2D eigenvalue weighted by molar-refractivity contribution is 7.47. The molecule has 0 aliphatic rings. The largest absolute Gasteiger partial charge is 0.480 e. The number of unbranched alkanes of at least 4 members (excludes halogenated alkanes) is 16. The highest BCUT2D eigenvalue weighted by Crippen LogP contribution is 2.43. The summed E-state index contributed by atoms with van der Waals surface area (Å²) in [6, 6.07) is -1.51. The number of rotatable bonds is 30. The van der Waals surface area contributed by atoms with Crippen molar-refractivity contribution in [2.75, 3.05) is 19.8 Å². The van der Waals surface area contributed by atoms with E-state index in [-0.39, 0.29) is 19.4 Å². The van der Waals surface area contributed by atoms with Crippen molar-refractivity contribution in [3.8, 4) is 0 Å². The molecule has 0 aliphatic heterocycles. The number of aliphatic carboxylic acids is 1. The minimum absolute atomic E-state index is 0.165. The lowest BCUT2D eigenvalue weighted by Gasteiger charge is -2.20. The van der Waals surface area contributed by atoms with Crippen molar-refractivity contribution in [3.05, 3.63) is 0 Å². The molecule has 0 radical (unpaired) electrons. The van der Waals surface area contributed by atoms with Crippen LogP contribution in [0.2, 0.25) is 0 Å². The fourth-order valence-corrected chi connectivity index (χ4v) is 5.06. The van der Waals surface area contributed by atoms with Gasteiger partial charge < -0.3 is 25.2 Å². The van der Waals surface area contributed by atoms with E-state index in [1.165, 1.54) is 83.5 Å². The SMILES string of the molecule is CCCCCCCCCCCCCCCCCCCC(=O)OC(COC(=O)CCC)COP(=O)(O)OCC(N)C(=O)O. The van der Waals surface area contributed by atoms with E-state index in [4.69, 9.17) is 24.8 Å². The van der Waals surface area contributed by atoms with Crippen LogP contribution in [0.25, 0.3) is 0 Å². The number of carbonyl (C=O) groups is 3. The summed E-state index contributed by atoms with van der Waals surface area (Å²) in [5.41, 5.74) is 5.25. The third kappa shape index (κ3) is 26.1. The van der Waals surface area contributed by atoms with Gasteiger partial charge in [0.1, 0.15) is 12.6 Å². The van der Waals surface area contributed by atoms with Gasteiger partial charge >= 0.3 is 25.7 Å². The summed E-state index contributed by atoms with van der Waals surface area (Å²) in [4.78, 5) is 44.6. The van der Waals surface area contributed by atoms with Crippen molar-refractivity contribution < 1.29 is 47.5 Å². The first-order valence-corrected chi connectivity index (χ1v) is 17.6. The van der Waals surface area contributed by atoms with Gasteiger partial charge in [0.25, 0.3) is 0 Å². The molecule has 0 rings (SSSR count). The summed E-state index contributed by atoms with van der Waals surface area (Å²) in [6.45, 7) is 2.38. The van der Waals surface area contributed by atoms with Crippen LogP contribution < -0.4 is 5.73 Å². The Hall–Kier alpha value is -1.52. The third-order valence-corrected chi connectivity index (χ3v) is 7.78. The fraction of sp³-hybridized carbons (Fsp3) is 0.900. The van der Waals surface area contributed by atoms with Crippen molar-refractivity contribution in [2.24, 2.45) is 5.73 Å². The minimum atomic E-state index is -4.67. The second-order valence-electron chi connectivity index (χ2n) is 11.0. The summed E-state index contributed by atoms with van der Waals surface area (Å²) in [7, 11) is -4.67. The van der Waals surface area contributed by atoms with Gasteiger partial charge in [-0.2, -0.15) is 0 Å². The first-order chi connectivity index (χ1) is 20.1.